The molecule has 1 aromatic rings. The molecule has 1 aromatic carbocycles. The number of hydrogen-bond donors (Lipinski definition) is 2. The van der Waals surface area contributed by atoms with Crippen LogP contribution in [0.15, 0.2) is 37.4 Å². The molecule has 0 fully saturated rings. The molecule has 0 aliphatic rings. The Morgan fingerprint density at radius 1 is 0.735 bits per heavy atom. The standard InChI is InChI=1S/C29H49NO3.ClH/c1-5-9-11-13-15-17-21-32-27-23-26(25-30(19-7-3)20-8-4)24-28(29(27)31)33-22-18-16-14-12-10-6-2;/h7-8,23-24,31H,3-6,9-22,25H2,1-2H3;1H. The Morgan fingerprint density at radius 2 is 1.15 bits per heavy atom. The first-order chi connectivity index (χ1) is 16.2. The van der Waals surface area contributed by atoms with E-state index in [9.17, 15) is 5.11 Å². The molecule has 0 heterocycles. The van der Waals surface area contributed by atoms with Crippen LogP contribution in [0.3, 0.4) is 0 Å². The topological polar surface area (TPSA) is 43.1 Å². The monoisotopic (exact) mass is 495 g/mol. The molecule has 0 aliphatic carbocycles. The molecule has 0 spiro atoms. The largest absolute Gasteiger partial charge is 1.00 e. The lowest BCUT2D eigenvalue weighted by Gasteiger charge is -2.19. The van der Waals surface area contributed by atoms with Crippen LogP contribution in [0.25, 0.3) is 0 Å². The number of benzene rings is 1. The Kier molecular flexibility index (Phi) is 20.8. The summed E-state index contributed by atoms with van der Waals surface area (Å²) >= 11 is 0. The van der Waals surface area contributed by atoms with Crippen molar-refractivity contribution in [1.82, 2.24) is 0 Å². The van der Waals surface area contributed by atoms with E-state index in [2.05, 4.69) is 27.0 Å². The van der Waals surface area contributed by atoms with Crippen molar-refractivity contribution in [2.45, 2.75) is 97.4 Å². The van der Waals surface area contributed by atoms with E-state index in [4.69, 9.17) is 9.47 Å². The van der Waals surface area contributed by atoms with Crippen LogP contribution in [-0.4, -0.2) is 31.4 Å². The highest BCUT2D eigenvalue weighted by atomic mass is 35.5. The third kappa shape index (κ3) is 14.6. The van der Waals surface area contributed by atoms with Gasteiger partial charge in [-0.2, -0.15) is 0 Å². The van der Waals surface area contributed by atoms with Gasteiger partial charge in [0, 0.05) is 5.56 Å². The van der Waals surface area contributed by atoms with E-state index in [1.165, 1.54) is 69.1 Å². The third-order valence-corrected chi connectivity index (χ3v) is 5.93. The van der Waals surface area contributed by atoms with Crippen LogP contribution < -0.4 is 26.8 Å². The van der Waals surface area contributed by atoms with Crippen molar-refractivity contribution in [2.75, 3.05) is 26.3 Å². The van der Waals surface area contributed by atoms with Gasteiger partial charge in [-0.3, -0.25) is 0 Å². The predicted octanol–water partition coefficient (Wildman–Crippen LogP) is 3.63. The lowest BCUT2D eigenvalue weighted by atomic mass is 10.1. The zero-order valence-electron chi connectivity index (χ0n) is 21.9. The van der Waals surface area contributed by atoms with Gasteiger partial charge in [0.25, 0.3) is 0 Å². The number of phenolic OH excluding ortho intramolecular Hbond substituents is 1. The predicted molar refractivity (Wildman–Crippen MR) is 141 cm³/mol. The molecule has 1 rings (SSSR count). The maximum absolute atomic E-state index is 10.8. The first-order valence-electron chi connectivity index (χ1n) is 13.3. The Balaban J connectivity index is 0.0000109. The summed E-state index contributed by atoms with van der Waals surface area (Å²) in [5.41, 5.74) is 1.10. The average Bonchev–Trinajstić information content (AvgIpc) is 2.80. The van der Waals surface area contributed by atoms with Crippen molar-refractivity contribution in [2.24, 2.45) is 0 Å². The van der Waals surface area contributed by atoms with Gasteiger partial charge in [0.1, 0.15) is 6.54 Å². The molecule has 2 N–H and O–H groups in total. The van der Waals surface area contributed by atoms with Crippen LogP contribution in [0.4, 0.5) is 0 Å². The minimum Gasteiger partial charge on any atom is -1.00 e. The molecular weight excluding hydrogens is 446 g/mol. The van der Waals surface area contributed by atoms with Gasteiger partial charge < -0.3 is 31.9 Å². The molecule has 0 aromatic heterocycles. The Morgan fingerprint density at radius 3 is 1.56 bits per heavy atom. The molecule has 0 aliphatic heterocycles. The normalized spacial score (nSPS) is 10.7. The second kappa shape index (κ2) is 21.9. The lowest BCUT2D eigenvalue weighted by Crippen LogP contribution is -3.10. The van der Waals surface area contributed by atoms with Gasteiger partial charge in [-0.1, -0.05) is 91.2 Å². The number of phenols is 1. The van der Waals surface area contributed by atoms with Crippen molar-refractivity contribution in [3.05, 3.63) is 43.0 Å². The highest BCUT2D eigenvalue weighted by Crippen LogP contribution is 2.38. The van der Waals surface area contributed by atoms with Gasteiger partial charge in [0.05, 0.1) is 26.3 Å². The summed E-state index contributed by atoms with van der Waals surface area (Å²) in [4.78, 5) is 1.34. The van der Waals surface area contributed by atoms with E-state index < -0.39 is 0 Å². The Bertz CT molecular complexity index is 601. The Hall–Kier alpha value is -1.65. The average molecular weight is 496 g/mol. The summed E-state index contributed by atoms with van der Waals surface area (Å²) in [6.07, 6.45) is 18.4. The number of hydrogen-bond acceptors (Lipinski definition) is 3. The fourth-order valence-electron chi connectivity index (χ4n) is 4.01. The third-order valence-electron chi connectivity index (χ3n) is 5.93. The summed E-state index contributed by atoms with van der Waals surface area (Å²) in [7, 11) is 0. The van der Waals surface area contributed by atoms with Crippen LogP contribution in [0.1, 0.15) is 96.5 Å². The van der Waals surface area contributed by atoms with E-state index in [1.807, 2.05) is 24.3 Å². The lowest BCUT2D eigenvalue weighted by molar-refractivity contribution is -0.902. The van der Waals surface area contributed by atoms with Crippen molar-refractivity contribution >= 4 is 0 Å². The van der Waals surface area contributed by atoms with E-state index in [0.29, 0.717) is 24.7 Å². The zero-order chi connectivity index (χ0) is 24.2. The number of aromatic hydroxyl groups is 1. The highest BCUT2D eigenvalue weighted by Gasteiger charge is 2.16. The molecule has 0 unspecified atom stereocenters. The van der Waals surface area contributed by atoms with Crippen molar-refractivity contribution in [1.29, 1.82) is 0 Å². The molecule has 0 radical (unpaired) electrons. The minimum atomic E-state index is 0. The summed E-state index contributed by atoms with van der Waals surface area (Å²) in [5, 5.41) is 10.8. The van der Waals surface area contributed by atoms with Gasteiger partial charge in [-0.15, -0.1) is 0 Å². The van der Waals surface area contributed by atoms with Gasteiger partial charge in [-0.25, -0.2) is 0 Å². The molecule has 5 heteroatoms. The fraction of sp³-hybridized carbons (Fsp3) is 0.655. The van der Waals surface area contributed by atoms with Crippen LogP contribution >= 0.6 is 0 Å². The first kappa shape index (κ1) is 32.4. The second-order valence-electron chi connectivity index (χ2n) is 9.09. The number of nitrogens with one attached hydrogen (secondary N) is 1. The van der Waals surface area contributed by atoms with Crippen molar-refractivity contribution in [3.63, 3.8) is 0 Å². The quantitative estimate of drug-likeness (QED) is 0.191. The van der Waals surface area contributed by atoms with E-state index in [0.717, 1.165) is 38.0 Å². The zero-order valence-corrected chi connectivity index (χ0v) is 22.6. The smallest absolute Gasteiger partial charge is 0.200 e. The van der Waals surface area contributed by atoms with Gasteiger partial charge in [0.2, 0.25) is 5.75 Å². The molecule has 0 saturated carbocycles. The number of halogens is 1. The van der Waals surface area contributed by atoms with Gasteiger partial charge >= 0.3 is 0 Å². The molecular formula is C29H50ClNO3. The number of unbranched alkanes of at least 4 members (excludes halogenated alkanes) is 10. The molecule has 4 nitrogen and oxygen atoms in total. The summed E-state index contributed by atoms with van der Waals surface area (Å²) in [6.45, 7) is 16.0. The maximum atomic E-state index is 10.8. The molecule has 0 bridgehead atoms. The first-order valence-corrected chi connectivity index (χ1v) is 13.3. The van der Waals surface area contributed by atoms with Crippen LogP contribution in [0.5, 0.6) is 17.2 Å². The molecule has 0 saturated heterocycles. The number of quaternary nitrogens is 1. The van der Waals surface area contributed by atoms with Crippen molar-refractivity contribution in [3.8, 4) is 17.2 Å². The van der Waals surface area contributed by atoms with Gasteiger partial charge in [-0.05, 0) is 37.1 Å². The fourth-order valence-corrected chi connectivity index (χ4v) is 4.01. The van der Waals surface area contributed by atoms with Crippen LogP contribution in [-0.2, 0) is 6.54 Å². The molecule has 34 heavy (non-hydrogen) atoms. The highest BCUT2D eigenvalue weighted by molar-refractivity contribution is 5.52. The van der Waals surface area contributed by atoms with Gasteiger partial charge in [0.15, 0.2) is 11.5 Å². The van der Waals surface area contributed by atoms with E-state index in [1.54, 1.807) is 0 Å². The van der Waals surface area contributed by atoms with Crippen molar-refractivity contribution < 1.29 is 31.9 Å². The molecule has 196 valence electrons. The minimum absolute atomic E-state index is 0. The summed E-state index contributed by atoms with van der Waals surface area (Å²) < 4.78 is 12.0. The molecule has 0 amide bonds. The van der Waals surface area contributed by atoms with Crippen LogP contribution in [0.2, 0.25) is 0 Å². The number of rotatable bonds is 22. The maximum Gasteiger partial charge on any atom is 0.200 e. The van der Waals surface area contributed by atoms with E-state index in [-0.39, 0.29) is 18.2 Å². The summed E-state index contributed by atoms with van der Waals surface area (Å²) in [6, 6.07) is 3.94. The van der Waals surface area contributed by atoms with Crippen LogP contribution in [0, 0.1) is 0 Å². The number of ether oxygens (including phenoxy) is 2. The second-order valence-corrected chi connectivity index (χ2v) is 9.09. The Labute approximate surface area is 215 Å². The SMILES string of the molecule is C=CC[NH+](CC=C)Cc1cc(OCCCCCCCC)c(O)c(OCCCCCCCC)c1.[Cl-]. The van der Waals surface area contributed by atoms with E-state index >= 15 is 0 Å². The summed E-state index contributed by atoms with van der Waals surface area (Å²) in [5.74, 6) is 1.20. The molecule has 0 atom stereocenters.